The zero-order valence-corrected chi connectivity index (χ0v) is 14.1. The second-order valence-corrected chi connectivity index (χ2v) is 6.11. The van der Waals surface area contributed by atoms with Gasteiger partial charge in [-0.05, 0) is 48.7 Å². The van der Waals surface area contributed by atoms with Crippen molar-refractivity contribution >= 4 is 35.6 Å². The van der Waals surface area contributed by atoms with Crippen molar-refractivity contribution in [2.24, 2.45) is 0 Å². The molecule has 0 saturated heterocycles. The molecule has 1 aliphatic rings. The van der Waals surface area contributed by atoms with Crippen molar-refractivity contribution in [2.75, 3.05) is 7.05 Å². The quantitative estimate of drug-likeness (QED) is 0.749. The summed E-state index contributed by atoms with van der Waals surface area (Å²) in [6, 6.07) is 14.9. The lowest BCUT2D eigenvalue weighted by Crippen LogP contribution is -2.24. The van der Waals surface area contributed by atoms with Gasteiger partial charge in [0.2, 0.25) is 0 Å². The molecule has 0 aliphatic heterocycles. The number of rotatable bonds is 2. The van der Waals surface area contributed by atoms with Crippen molar-refractivity contribution in [2.45, 2.75) is 24.8 Å². The number of fused-ring (bicyclic) bond motifs is 1. The normalized spacial score (nSPS) is 20.5. The molecule has 0 radical (unpaired) electrons. The van der Waals surface area contributed by atoms with Gasteiger partial charge in [-0.25, -0.2) is 0 Å². The van der Waals surface area contributed by atoms with Crippen molar-refractivity contribution in [1.29, 1.82) is 0 Å². The standard InChI is InChI=1S/C17H17Cl2N.ClH/c1-20-17-9-8-13(12-4-2-3-5-15(12)17)14-7-6-11(18)10-16(14)19;/h2-7,10,13,17,20H,8-9H2,1H3;1H/t13?,17-;/m1./s1. The molecule has 112 valence electrons. The number of benzene rings is 2. The summed E-state index contributed by atoms with van der Waals surface area (Å²) in [5.74, 6) is 0.362. The molecule has 2 atom stereocenters. The second kappa shape index (κ2) is 7.02. The molecule has 4 heteroatoms. The summed E-state index contributed by atoms with van der Waals surface area (Å²) < 4.78 is 0. The summed E-state index contributed by atoms with van der Waals surface area (Å²) in [5.41, 5.74) is 3.94. The van der Waals surface area contributed by atoms with E-state index in [1.165, 1.54) is 16.7 Å². The van der Waals surface area contributed by atoms with Gasteiger partial charge in [-0.3, -0.25) is 0 Å². The number of hydrogen-bond acceptors (Lipinski definition) is 1. The highest BCUT2D eigenvalue weighted by Gasteiger charge is 2.28. The van der Waals surface area contributed by atoms with Crippen molar-refractivity contribution in [3.8, 4) is 0 Å². The molecule has 2 aromatic carbocycles. The molecule has 0 fully saturated rings. The first-order valence-corrected chi connectivity index (χ1v) is 7.67. The molecule has 0 saturated carbocycles. The lowest BCUT2D eigenvalue weighted by molar-refractivity contribution is 0.471. The minimum Gasteiger partial charge on any atom is -0.313 e. The maximum atomic E-state index is 6.40. The van der Waals surface area contributed by atoms with Gasteiger partial charge >= 0.3 is 0 Å². The van der Waals surface area contributed by atoms with E-state index in [0.29, 0.717) is 17.0 Å². The predicted octanol–water partition coefficient (Wildman–Crippen LogP) is 5.60. The SMILES string of the molecule is CN[C@@H]1CCC(c2ccc(Cl)cc2Cl)c2ccccc21.Cl. The Hall–Kier alpha value is -0.730. The van der Waals surface area contributed by atoms with Crippen molar-refractivity contribution in [3.05, 3.63) is 69.2 Å². The molecule has 0 bridgehead atoms. The Morgan fingerprint density at radius 2 is 1.67 bits per heavy atom. The van der Waals surface area contributed by atoms with Gasteiger partial charge in [0.1, 0.15) is 0 Å². The second-order valence-electron chi connectivity index (χ2n) is 5.27. The molecule has 1 N–H and O–H groups in total. The fourth-order valence-corrected chi connectivity index (χ4v) is 3.74. The van der Waals surface area contributed by atoms with Crippen LogP contribution >= 0.6 is 35.6 Å². The van der Waals surface area contributed by atoms with Crippen molar-refractivity contribution in [3.63, 3.8) is 0 Å². The topological polar surface area (TPSA) is 12.0 Å². The van der Waals surface area contributed by atoms with E-state index >= 15 is 0 Å². The Labute approximate surface area is 142 Å². The molecule has 0 aromatic heterocycles. The first-order chi connectivity index (χ1) is 9.70. The van der Waals surface area contributed by atoms with Gasteiger partial charge in [-0.1, -0.05) is 53.5 Å². The van der Waals surface area contributed by atoms with Crippen LogP contribution in [0.1, 0.15) is 41.5 Å². The Morgan fingerprint density at radius 1 is 0.952 bits per heavy atom. The minimum atomic E-state index is 0. The first kappa shape index (κ1) is 16.6. The highest BCUT2D eigenvalue weighted by molar-refractivity contribution is 6.35. The van der Waals surface area contributed by atoms with Crippen LogP contribution in [0.3, 0.4) is 0 Å². The van der Waals surface area contributed by atoms with Gasteiger partial charge in [-0.2, -0.15) is 0 Å². The van der Waals surface area contributed by atoms with E-state index in [9.17, 15) is 0 Å². The van der Waals surface area contributed by atoms with Gasteiger partial charge in [0.25, 0.3) is 0 Å². The molecular formula is C17H18Cl3N. The largest absolute Gasteiger partial charge is 0.313 e. The third-order valence-electron chi connectivity index (χ3n) is 4.18. The molecule has 1 aliphatic carbocycles. The molecule has 2 aromatic rings. The van der Waals surface area contributed by atoms with Crippen LogP contribution in [-0.4, -0.2) is 7.05 Å². The van der Waals surface area contributed by atoms with Crippen LogP contribution in [0.4, 0.5) is 0 Å². The van der Waals surface area contributed by atoms with Crippen molar-refractivity contribution in [1.82, 2.24) is 5.32 Å². The molecule has 21 heavy (non-hydrogen) atoms. The van der Waals surface area contributed by atoms with Crippen molar-refractivity contribution < 1.29 is 0 Å². The molecular weight excluding hydrogens is 325 g/mol. The van der Waals surface area contributed by atoms with E-state index in [1.54, 1.807) is 0 Å². The highest BCUT2D eigenvalue weighted by Crippen LogP contribution is 2.43. The predicted molar refractivity (Wildman–Crippen MR) is 93.0 cm³/mol. The summed E-state index contributed by atoms with van der Waals surface area (Å²) in [6.45, 7) is 0. The molecule has 1 nitrogen and oxygen atoms in total. The summed E-state index contributed by atoms with van der Waals surface area (Å²) in [6.07, 6.45) is 2.22. The average Bonchev–Trinajstić information content (AvgIpc) is 2.47. The van der Waals surface area contributed by atoms with Crippen LogP contribution in [0, 0.1) is 0 Å². The van der Waals surface area contributed by atoms with Crippen LogP contribution < -0.4 is 5.32 Å². The Bertz CT molecular complexity index is 627. The molecule has 1 unspecified atom stereocenters. The third kappa shape index (κ3) is 3.22. The monoisotopic (exact) mass is 341 g/mol. The van der Waals surface area contributed by atoms with Crippen LogP contribution in [0.2, 0.25) is 10.0 Å². The smallest absolute Gasteiger partial charge is 0.0459 e. The number of hydrogen-bond donors (Lipinski definition) is 1. The minimum absolute atomic E-state index is 0. The maximum Gasteiger partial charge on any atom is 0.0459 e. The Morgan fingerprint density at radius 3 is 2.33 bits per heavy atom. The third-order valence-corrected chi connectivity index (χ3v) is 4.74. The van der Waals surface area contributed by atoms with E-state index in [1.807, 2.05) is 19.2 Å². The maximum absolute atomic E-state index is 6.40. The van der Waals surface area contributed by atoms with Gasteiger partial charge in [-0.15, -0.1) is 12.4 Å². The van der Waals surface area contributed by atoms with Crippen LogP contribution in [0.5, 0.6) is 0 Å². The van der Waals surface area contributed by atoms with E-state index in [2.05, 4.69) is 35.6 Å². The molecule has 0 spiro atoms. The number of nitrogens with one attached hydrogen (secondary N) is 1. The zero-order chi connectivity index (χ0) is 14.1. The summed E-state index contributed by atoms with van der Waals surface area (Å²) in [4.78, 5) is 0. The summed E-state index contributed by atoms with van der Waals surface area (Å²) in [7, 11) is 2.02. The molecule has 0 heterocycles. The summed E-state index contributed by atoms with van der Waals surface area (Å²) in [5, 5.41) is 4.86. The molecule has 3 rings (SSSR count). The first-order valence-electron chi connectivity index (χ1n) is 6.91. The zero-order valence-electron chi connectivity index (χ0n) is 11.8. The van der Waals surface area contributed by atoms with Gasteiger partial charge in [0.15, 0.2) is 0 Å². The highest BCUT2D eigenvalue weighted by atomic mass is 35.5. The lowest BCUT2D eigenvalue weighted by Gasteiger charge is -2.32. The average molecular weight is 343 g/mol. The van der Waals surface area contributed by atoms with Crippen LogP contribution in [-0.2, 0) is 0 Å². The van der Waals surface area contributed by atoms with E-state index < -0.39 is 0 Å². The fourth-order valence-electron chi connectivity index (χ4n) is 3.20. The van der Waals surface area contributed by atoms with Crippen LogP contribution in [0.25, 0.3) is 0 Å². The van der Waals surface area contributed by atoms with Crippen LogP contribution in [0.15, 0.2) is 42.5 Å². The van der Waals surface area contributed by atoms with Gasteiger partial charge in [0, 0.05) is 22.0 Å². The lowest BCUT2D eigenvalue weighted by atomic mass is 9.77. The van der Waals surface area contributed by atoms with E-state index in [4.69, 9.17) is 23.2 Å². The summed E-state index contributed by atoms with van der Waals surface area (Å²) >= 11 is 12.4. The Kier molecular flexibility index (Phi) is 5.56. The fraction of sp³-hybridized carbons (Fsp3) is 0.294. The van der Waals surface area contributed by atoms with E-state index in [-0.39, 0.29) is 12.4 Å². The molecule has 0 amide bonds. The van der Waals surface area contributed by atoms with E-state index in [0.717, 1.165) is 17.9 Å². The van der Waals surface area contributed by atoms with Gasteiger partial charge in [0.05, 0.1) is 0 Å². The Balaban J connectivity index is 0.00000161. The van der Waals surface area contributed by atoms with Gasteiger partial charge < -0.3 is 5.32 Å². The number of halogens is 3.